The van der Waals surface area contributed by atoms with Gasteiger partial charge in [-0.1, -0.05) is 0 Å². The van der Waals surface area contributed by atoms with Crippen molar-refractivity contribution in [2.45, 2.75) is 47.1 Å². The van der Waals surface area contributed by atoms with Crippen LogP contribution < -0.4 is 16.0 Å². The van der Waals surface area contributed by atoms with Crippen LogP contribution >= 0.6 is 0 Å². The normalized spacial score (nSPS) is 13.6. The highest BCUT2D eigenvalue weighted by atomic mass is 16.2. The highest BCUT2D eigenvalue weighted by Gasteiger charge is 2.26. The molecule has 1 aromatic rings. The van der Waals surface area contributed by atoms with Gasteiger partial charge >= 0.3 is 0 Å². The molecule has 0 radical (unpaired) electrons. The zero-order valence-corrected chi connectivity index (χ0v) is 16.2. The van der Waals surface area contributed by atoms with Crippen molar-refractivity contribution in [2.24, 2.45) is 17.5 Å². The molecule has 1 aromatic heterocycles. The minimum Gasteiger partial charge on any atom is -0.359 e. The molecule has 0 bridgehead atoms. The van der Waals surface area contributed by atoms with E-state index in [1.807, 2.05) is 32.5 Å². The minimum absolute atomic E-state index is 0.000103. The van der Waals surface area contributed by atoms with Crippen LogP contribution in [0.2, 0.25) is 0 Å². The number of aryl methyl sites for hydroxylation is 2. The van der Waals surface area contributed by atoms with E-state index in [0.717, 1.165) is 12.1 Å². The average Bonchev–Trinajstić information content (AvgIpc) is 2.76. The predicted octanol–water partition coefficient (Wildman–Crippen LogP) is 0.905. The van der Waals surface area contributed by atoms with E-state index in [9.17, 15) is 4.79 Å². The lowest BCUT2D eigenvalue weighted by Crippen LogP contribution is -2.49. The SMILES string of the molecule is CN=C(NCC(C)(C)C(=O)NC)NC(C)Cc1c(C)nn(C)c1C. The van der Waals surface area contributed by atoms with E-state index in [-0.39, 0.29) is 11.9 Å². The van der Waals surface area contributed by atoms with Gasteiger partial charge in [0.25, 0.3) is 0 Å². The van der Waals surface area contributed by atoms with Gasteiger partial charge < -0.3 is 16.0 Å². The molecule has 0 aromatic carbocycles. The Kier molecular flexibility index (Phi) is 6.81. The second-order valence-electron chi connectivity index (χ2n) is 6.91. The van der Waals surface area contributed by atoms with E-state index >= 15 is 0 Å². The Morgan fingerprint density at radius 1 is 1.38 bits per heavy atom. The first-order valence-corrected chi connectivity index (χ1v) is 8.30. The van der Waals surface area contributed by atoms with Crippen LogP contribution in [0.25, 0.3) is 0 Å². The Morgan fingerprint density at radius 2 is 2.00 bits per heavy atom. The van der Waals surface area contributed by atoms with Gasteiger partial charge in [0.2, 0.25) is 5.91 Å². The van der Waals surface area contributed by atoms with Crippen LogP contribution in [0.4, 0.5) is 0 Å². The molecule has 0 saturated carbocycles. The summed E-state index contributed by atoms with van der Waals surface area (Å²) in [6, 6.07) is 0.195. The van der Waals surface area contributed by atoms with E-state index < -0.39 is 5.41 Å². The monoisotopic (exact) mass is 336 g/mol. The number of amides is 1. The van der Waals surface area contributed by atoms with Gasteiger partial charge in [-0.25, -0.2) is 0 Å². The van der Waals surface area contributed by atoms with Crippen molar-refractivity contribution >= 4 is 11.9 Å². The first-order chi connectivity index (χ1) is 11.1. The van der Waals surface area contributed by atoms with Gasteiger partial charge in [-0.2, -0.15) is 5.10 Å². The van der Waals surface area contributed by atoms with Crippen molar-refractivity contribution in [2.75, 3.05) is 20.6 Å². The van der Waals surface area contributed by atoms with E-state index in [1.165, 1.54) is 11.3 Å². The Hall–Kier alpha value is -2.05. The minimum atomic E-state index is -0.508. The molecule has 1 atom stereocenters. The number of aromatic nitrogens is 2. The van der Waals surface area contributed by atoms with E-state index in [0.29, 0.717) is 12.5 Å². The Morgan fingerprint density at radius 3 is 2.46 bits per heavy atom. The molecule has 1 heterocycles. The molecule has 0 aliphatic rings. The third-order valence-corrected chi connectivity index (χ3v) is 4.32. The van der Waals surface area contributed by atoms with Gasteiger partial charge in [-0.3, -0.25) is 14.5 Å². The van der Waals surface area contributed by atoms with Crippen molar-refractivity contribution in [3.05, 3.63) is 17.0 Å². The molecule has 0 aliphatic carbocycles. The standard InChI is InChI=1S/C17H32N6O/c1-11(9-14-12(2)22-23(8)13(14)3)21-16(19-7)20-10-17(4,5)15(24)18-6/h11H,9-10H2,1-8H3,(H,18,24)(H2,19,20,21). The number of carbonyl (C=O) groups excluding carboxylic acids is 1. The molecule has 1 unspecified atom stereocenters. The molecule has 3 N–H and O–H groups in total. The molecule has 7 heteroatoms. The predicted molar refractivity (Wildman–Crippen MR) is 98.2 cm³/mol. The van der Waals surface area contributed by atoms with Crippen molar-refractivity contribution < 1.29 is 4.79 Å². The lowest BCUT2D eigenvalue weighted by molar-refractivity contribution is -0.128. The summed E-state index contributed by atoms with van der Waals surface area (Å²) in [7, 11) is 5.35. The first-order valence-electron chi connectivity index (χ1n) is 8.30. The van der Waals surface area contributed by atoms with Crippen molar-refractivity contribution in [1.29, 1.82) is 0 Å². The number of nitrogens with zero attached hydrogens (tertiary/aromatic N) is 3. The van der Waals surface area contributed by atoms with Crippen LogP contribution in [-0.2, 0) is 18.3 Å². The average molecular weight is 336 g/mol. The summed E-state index contributed by atoms with van der Waals surface area (Å²) in [6.45, 7) is 10.5. The summed E-state index contributed by atoms with van der Waals surface area (Å²) in [4.78, 5) is 16.1. The number of nitrogens with one attached hydrogen (secondary N) is 3. The maximum atomic E-state index is 11.9. The summed E-state index contributed by atoms with van der Waals surface area (Å²) in [5.74, 6) is 0.693. The van der Waals surface area contributed by atoms with Crippen molar-refractivity contribution in [1.82, 2.24) is 25.7 Å². The van der Waals surface area contributed by atoms with Crippen LogP contribution in [0, 0.1) is 19.3 Å². The molecule has 0 saturated heterocycles. The molecule has 1 amide bonds. The quantitative estimate of drug-likeness (QED) is 0.532. The molecule has 0 spiro atoms. The fourth-order valence-electron chi connectivity index (χ4n) is 2.62. The van der Waals surface area contributed by atoms with Crippen molar-refractivity contribution in [3.63, 3.8) is 0 Å². The van der Waals surface area contributed by atoms with Gasteiger partial charge in [0, 0.05) is 39.4 Å². The van der Waals surface area contributed by atoms with Crippen LogP contribution in [0.1, 0.15) is 37.7 Å². The highest BCUT2D eigenvalue weighted by molar-refractivity contribution is 5.84. The molecule has 24 heavy (non-hydrogen) atoms. The topological polar surface area (TPSA) is 83.3 Å². The number of hydrogen-bond donors (Lipinski definition) is 3. The zero-order valence-electron chi connectivity index (χ0n) is 16.2. The van der Waals surface area contributed by atoms with Gasteiger partial charge in [-0.15, -0.1) is 0 Å². The molecule has 0 aliphatic heterocycles. The Labute approximate surface area is 145 Å². The molecule has 7 nitrogen and oxygen atoms in total. The van der Waals surface area contributed by atoms with Gasteiger partial charge in [-0.05, 0) is 46.6 Å². The van der Waals surface area contributed by atoms with Crippen LogP contribution in [0.5, 0.6) is 0 Å². The molecule has 136 valence electrons. The second-order valence-corrected chi connectivity index (χ2v) is 6.91. The lowest BCUT2D eigenvalue weighted by atomic mass is 9.92. The summed E-state index contributed by atoms with van der Waals surface area (Å²) in [5.41, 5.74) is 3.00. The van der Waals surface area contributed by atoms with Crippen LogP contribution in [0.3, 0.4) is 0 Å². The number of rotatable bonds is 6. The van der Waals surface area contributed by atoms with Crippen LogP contribution in [-0.4, -0.2) is 48.3 Å². The van der Waals surface area contributed by atoms with Gasteiger partial charge in [0.05, 0.1) is 11.1 Å². The van der Waals surface area contributed by atoms with Crippen LogP contribution in [0.15, 0.2) is 4.99 Å². The maximum absolute atomic E-state index is 11.9. The van der Waals surface area contributed by atoms with E-state index in [4.69, 9.17) is 0 Å². The third kappa shape index (κ3) is 4.97. The van der Waals surface area contributed by atoms with Gasteiger partial charge in [0.15, 0.2) is 5.96 Å². The number of carbonyl (C=O) groups is 1. The fourth-order valence-corrected chi connectivity index (χ4v) is 2.62. The summed E-state index contributed by atoms with van der Waals surface area (Å²) < 4.78 is 1.91. The number of guanidine groups is 1. The third-order valence-electron chi connectivity index (χ3n) is 4.32. The molecular weight excluding hydrogens is 304 g/mol. The largest absolute Gasteiger partial charge is 0.359 e. The second kappa shape index (κ2) is 8.17. The summed E-state index contributed by atoms with van der Waals surface area (Å²) in [6.07, 6.45) is 0.866. The summed E-state index contributed by atoms with van der Waals surface area (Å²) >= 11 is 0. The Balaban J connectivity index is 2.64. The van der Waals surface area contributed by atoms with E-state index in [1.54, 1.807) is 14.1 Å². The first kappa shape index (κ1) is 20.0. The zero-order chi connectivity index (χ0) is 18.5. The lowest BCUT2D eigenvalue weighted by Gasteiger charge is -2.25. The van der Waals surface area contributed by atoms with Gasteiger partial charge in [0.1, 0.15) is 0 Å². The Bertz CT molecular complexity index is 602. The maximum Gasteiger partial charge on any atom is 0.227 e. The smallest absolute Gasteiger partial charge is 0.227 e. The number of aliphatic imine (C=N–C) groups is 1. The molecule has 1 rings (SSSR count). The summed E-state index contributed by atoms with van der Waals surface area (Å²) in [5, 5.41) is 13.8. The highest BCUT2D eigenvalue weighted by Crippen LogP contribution is 2.15. The molecular formula is C17H32N6O. The van der Waals surface area contributed by atoms with E-state index in [2.05, 4.69) is 39.9 Å². The number of hydrogen-bond acceptors (Lipinski definition) is 3. The fraction of sp³-hybridized carbons (Fsp3) is 0.706. The van der Waals surface area contributed by atoms with Crippen molar-refractivity contribution in [3.8, 4) is 0 Å². The molecule has 0 fully saturated rings.